The summed E-state index contributed by atoms with van der Waals surface area (Å²) in [6.07, 6.45) is 0. The third kappa shape index (κ3) is 4.91. The van der Waals surface area contributed by atoms with Crippen molar-refractivity contribution < 1.29 is 28.6 Å². The van der Waals surface area contributed by atoms with Crippen LogP contribution in [0.4, 0.5) is 4.39 Å². The molecule has 2 aromatic carbocycles. The van der Waals surface area contributed by atoms with Crippen molar-refractivity contribution in [3.8, 4) is 5.75 Å². The van der Waals surface area contributed by atoms with Crippen LogP contribution in [0.25, 0.3) is 5.76 Å². The first kappa shape index (κ1) is 22.9. The predicted molar refractivity (Wildman–Crippen MR) is 120 cm³/mol. The first-order valence-electron chi connectivity index (χ1n) is 11.1. The highest BCUT2D eigenvalue weighted by Gasteiger charge is 2.46. The monoisotopic (exact) mass is 454 g/mol. The van der Waals surface area contributed by atoms with Gasteiger partial charge in [0.15, 0.2) is 0 Å². The number of ketones is 1. The van der Waals surface area contributed by atoms with Crippen LogP contribution in [-0.2, 0) is 14.3 Å². The highest BCUT2D eigenvalue weighted by Crippen LogP contribution is 2.39. The quantitative estimate of drug-likeness (QED) is 0.394. The highest BCUT2D eigenvalue weighted by molar-refractivity contribution is 6.46. The summed E-state index contributed by atoms with van der Waals surface area (Å²) < 4.78 is 24.5. The zero-order valence-electron chi connectivity index (χ0n) is 18.5. The third-order valence-electron chi connectivity index (χ3n) is 5.91. The van der Waals surface area contributed by atoms with Gasteiger partial charge in [-0.25, -0.2) is 4.39 Å². The Hall–Kier alpha value is -3.23. The van der Waals surface area contributed by atoms with Crippen LogP contribution in [0.2, 0.25) is 0 Å². The number of hydrogen-bond acceptors (Lipinski definition) is 6. The topological polar surface area (TPSA) is 79.3 Å². The summed E-state index contributed by atoms with van der Waals surface area (Å²) in [5.74, 6) is -1.60. The van der Waals surface area contributed by atoms with Crippen molar-refractivity contribution in [1.29, 1.82) is 0 Å². The van der Waals surface area contributed by atoms with Gasteiger partial charge in [0, 0.05) is 31.7 Å². The lowest BCUT2D eigenvalue weighted by atomic mass is 9.95. The standard InChI is InChI=1S/C25H27FN2O5/c1-2-33-20-5-3-4-18(16-20)23(29)21-22(17-6-8-19(26)9-7-17)28(25(31)24(21)30)11-10-27-12-14-32-15-13-27/h3-9,16,22,29H,2,10-15H2,1H3. The van der Waals surface area contributed by atoms with Gasteiger partial charge in [0.05, 0.1) is 31.4 Å². The van der Waals surface area contributed by atoms with Crippen molar-refractivity contribution in [2.45, 2.75) is 13.0 Å². The van der Waals surface area contributed by atoms with Gasteiger partial charge in [-0.1, -0.05) is 24.3 Å². The number of benzene rings is 2. The van der Waals surface area contributed by atoms with Crippen LogP contribution in [0, 0.1) is 5.82 Å². The zero-order chi connectivity index (χ0) is 23.4. The minimum Gasteiger partial charge on any atom is -0.507 e. The molecule has 2 aliphatic rings. The number of carbonyl (C=O) groups excluding carboxylic acids is 2. The molecule has 1 N–H and O–H groups in total. The van der Waals surface area contributed by atoms with E-state index < -0.39 is 23.5 Å². The lowest BCUT2D eigenvalue weighted by molar-refractivity contribution is -0.140. The summed E-state index contributed by atoms with van der Waals surface area (Å²) in [5.41, 5.74) is 0.918. The molecule has 0 radical (unpaired) electrons. The molecule has 0 bridgehead atoms. The minimum atomic E-state index is -0.817. The Morgan fingerprint density at radius 1 is 1.12 bits per heavy atom. The summed E-state index contributed by atoms with van der Waals surface area (Å²) in [6, 6.07) is 11.6. The average molecular weight is 454 g/mol. The molecule has 0 saturated carbocycles. The van der Waals surface area contributed by atoms with Crippen LogP contribution >= 0.6 is 0 Å². The van der Waals surface area contributed by atoms with E-state index in [2.05, 4.69) is 4.90 Å². The fourth-order valence-electron chi connectivity index (χ4n) is 4.23. The lowest BCUT2D eigenvalue weighted by Crippen LogP contribution is -2.42. The van der Waals surface area contributed by atoms with Gasteiger partial charge in [-0.2, -0.15) is 0 Å². The summed E-state index contributed by atoms with van der Waals surface area (Å²) >= 11 is 0. The fraction of sp³-hybridized carbons (Fsp3) is 0.360. The van der Waals surface area contributed by atoms with Gasteiger partial charge in [-0.3, -0.25) is 14.5 Å². The molecule has 2 heterocycles. The molecule has 4 rings (SSSR count). The number of likely N-dealkylation sites (tertiary alicyclic amines) is 1. The molecular formula is C25H27FN2O5. The van der Waals surface area contributed by atoms with E-state index in [9.17, 15) is 19.1 Å². The Morgan fingerprint density at radius 3 is 2.55 bits per heavy atom. The number of halogens is 1. The van der Waals surface area contributed by atoms with Gasteiger partial charge in [0.2, 0.25) is 0 Å². The number of Topliss-reactive ketones (excluding diaryl/α,β-unsaturated/α-hetero) is 1. The molecule has 1 unspecified atom stereocenters. The van der Waals surface area contributed by atoms with E-state index in [0.717, 1.165) is 13.1 Å². The molecule has 2 aromatic rings. The van der Waals surface area contributed by atoms with Crippen molar-refractivity contribution >= 4 is 17.4 Å². The van der Waals surface area contributed by atoms with E-state index in [4.69, 9.17) is 9.47 Å². The van der Waals surface area contributed by atoms with Crippen LogP contribution in [0.3, 0.4) is 0 Å². The molecule has 2 fully saturated rings. The molecule has 1 atom stereocenters. The van der Waals surface area contributed by atoms with Gasteiger partial charge >= 0.3 is 0 Å². The predicted octanol–water partition coefficient (Wildman–Crippen LogP) is 2.98. The van der Waals surface area contributed by atoms with Gasteiger partial charge in [0.25, 0.3) is 11.7 Å². The van der Waals surface area contributed by atoms with Crippen LogP contribution in [0.15, 0.2) is 54.1 Å². The lowest BCUT2D eigenvalue weighted by Gasteiger charge is -2.31. The average Bonchev–Trinajstić information content (AvgIpc) is 3.08. The van der Waals surface area contributed by atoms with Crippen LogP contribution in [0.5, 0.6) is 5.75 Å². The van der Waals surface area contributed by atoms with Crippen molar-refractivity contribution in [2.24, 2.45) is 0 Å². The number of ether oxygens (including phenoxy) is 2. The van der Waals surface area contributed by atoms with E-state index >= 15 is 0 Å². The molecule has 2 saturated heterocycles. The summed E-state index contributed by atoms with van der Waals surface area (Å²) in [7, 11) is 0. The maximum absolute atomic E-state index is 13.6. The number of nitrogens with zero attached hydrogens (tertiary/aromatic N) is 2. The Morgan fingerprint density at radius 2 is 1.85 bits per heavy atom. The van der Waals surface area contributed by atoms with Gasteiger partial charge in [-0.05, 0) is 36.8 Å². The van der Waals surface area contributed by atoms with Gasteiger partial charge in [-0.15, -0.1) is 0 Å². The first-order valence-corrected chi connectivity index (χ1v) is 11.1. The SMILES string of the molecule is CCOc1cccc(C(O)=C2C(=O)C(=O)N(CCN3CCOCC3)C2c2ccc(F)cc2)c1. The molecule has 0 aromatic heterocycles. The number of rotatable bonds is 7. The number of amides is 1. The summed E-state index contributed by atoms with van der Waals surface area (Å²) in [6.45, 7) is 5.89. The normalized spacial score (nSPS) is 20.9. The van der Waals surface area contributed by atoms with E-state index in [0.29, 0.717) is 49.8 Å². The number of aliphatic hydroxyl groups is 1. The van der Waals surface area contributed by atoms with E-state index in [1.165, 1.54) is 29.2 Å². The summed E-state index contributed by atoms with van der Waals surface area (Å²) in [5, 5.41) is 11.1. The second-order valence-electron chi connectivity index (χ2n) is 7.96. The second-order valence-corrected chi connectivity index (χ2v) is 7.96. The second kappa shape index (κ2) is 10.1. The Kier molecular flexibility index (Phi) is 7.05. The van der Waals surface area contributed by atoms with Crippen LogP contribution < -0.4 is 4.74 Å². The number of hydrogen-bond donors (Lipinski definition) is 1. The third-order valence-corrected chi connectivity index (χ3v) is 5.91. The van der Waals surface area contributed by atoms with Gasteiger partial charge < -0.3 is 19.5 Å². The molecule has 1 amide bonds. The smallest absolute Gasteiger partial charge is 0.295 e. The Balaban J connectivity index is 1.73. The molecule has 174 valence electrons. The molecule has 2 aliphatic heterocycles. The molecule has 0 spiro atoms. The maximum atomic E-state index is 13.6. The van der Waals surface area contributed by atoms with Crippen LogP contribution in [-0.4, -0.2) is 72.6 Å². The van der Waals surface area contributed by atoms with Gasteiger partial charge in [0.1, 0.15) is 17.3 Å². The number of aliphatic hydroxyl groups excluding tert-OH is 1. The molecule has 7 nitrogen and oxygen atoms in total. The van der Waals surface area contributed by atoms with E-state index in [1.807, 2.05) is 6.92 Å². The van der Waals surface area contributed by atoms with E-state index in [1.54, 1.807) is 24.3 Å². The number of carbonyl (C=O) groups is 2. The molecule has 8 heteroatoms. The van der Waals surface area contributed by atoms with Crippen molar-refractivity contribution in [3.63, 3.8) is 0 Å². The van der Waals surface area contributed by atoms with Crippen molar-refractivity contribution in [1.82, 2.24) is 9.80 Å². The maximum Gasteiger partial charge on any atom is 0.295 e. The first-order chi connectivity index (χ1) is 16.0. The number of morpholine rings is 1. The minimum absolute atomic E-state index is 0.0118. The largest absolute Gasteiger partial charge is 0.507 e. The van der Waals surface area contributed by atoms with Crippen molar-refractivity contribution in [3.05, 3.63) is 71.0 Å². The zero-order valence-corrected chi connectivity index (χ0v) is 18.5. The highest BCUT2D eigenvalue weighted by atomic mass is 19.1. The fourth-order valence-corrected chi connectivity index (χ4v) is 4.23. The molecule has 0 aliphatic carbocycles. The molecular weight excluding hydrogens is 427 g/mol. The summed E-state index contributed by atoms with van der Waals surface area (Å²) in [4.78, 5) is 29.8. The van der Waals surface area contributed by atoms with E-state index in [-0.39, 0.29) is 11.3 Å². The van der Waals surface area contributed by atoms with Crippen molar-refractivity contribution in [2.75, 3.05) is 46.0 Å². The Labute approximate surface area is 192 Å². The van der Waals surface area contributed by atoms with Crippen LogP contribution in [0.1, 0.15) is 24.1 Å². The Bertz CT molecular complexity index is 1050. The molecule has 33 heavy (non-hydrogen) atoms.